The molecule has 1 fully saturated rings. The fourth-order valence-electron chi connectivity index (χ4n) is 2.80. The standard InChI is InChI=1S/C15H22N6O2/c1-3-20-8-12(7-17-20)14-13(5-4-6-23-14)19-15(22)11(2)21-10-16-9-18-21/h7-11,13-14H,3-6H2,1-2H3,(H,19,22)/t11?,13-,14+/m0/s1. The van der Waals surface area contributed by atoms with E-state index in [4.69, 9.17) is 4.74 Å². The van der Waals surface area contributed by atoms with Gasteiger partial charge in [0.05, 0.1) is 12.2 Å². The molecule has 1 aliphatic rings. The molecule has 0 bridgehead atoms. The van der Waals surface area contributed by atoms with Gasteiger partial charge in [0, 0.05) is 24.9 Å². The first-order chi connectivity index (χ1) is 11.2. The van der Waals surface area contributed by atoms with Crippen LogP contribution in [0.2, 0.25) is 0 Å². The van der Waals surface area contributed by atoms with Gasteiger partial charge in [-0.05, 0) is 26.7 Å². The summed E-state index contributed by atoms with van der Waals surface area (Å²) >= 11 is 0. The van der Waals surface area contributed by atoms with E-state index in [-0.39, 0.29) is 18.1 Å². The second-order valence-corrected chi connectivity index (χ2v) is 5.73. The highest BCUT2D eigenvalue weighted by atomic mass is 16.5. The maximum Gasteiger partial charge on any atom is 0.244 e. The molecule has 1 N–H and O–H groups in total. The van der Waals surface area contributed by atoms with Gasteiger partial charge in [0.25, 0.3) is 0 Å². The lowest BCUT2D eigenvalue weighted by molar-refractivity contribution is -0.127. The van der Waals surface area contributed by atoms with Crippen molar-refractivity contribution >= 4 is 5.91 Å². The average Bonchev–Trinajstić information content (AvgIpc) is 3.26. The van der Waals surface area contributed by atoms with Gasteiger partial charge in [-0.25, -0.2) is 9.67 Å². The van der Waals surface area contributed by atoms with Gasteiger partial charge in [0.1, 0.15) is 24.8 Å². The van der Waals surface area contributed by atoms with Gasteiger partial charge in [0.2, 0.25) is 5.91 Å². The van der Waals surface area contributed by atoms with Gasteiger partial charge in [0.15, 0.2) is 0 Å². The lowest BCUT2D eigenvalue weighted by Gasteiger charge is -2.32. The van der Waals surface area contributed by atoms with Crippen LogP contribution in [-0.4, -0.2) is 43.1 Å². The lowest BCUT2D eigenvalue weighted by Crippen LogP contribution is -2.45. The molecule has 3 heterocycles. The molecular weight excluding hydrogens is 296 g/mol. The Bertz CT molecular complexity index is 638. The van der Waals surface area contributed by atoms with Crippen molar-refractivity contribution in [2.24, 2.45) is 0 Å². The van der Waals surface area contributed by atoms with Crippen LogP contribution in [0.15, 0.2) is 25.0 Å². The van der Waals surface area contributed by atoms with E-state index in [0.717, 1.165) is 24.9 Å². The molecular formula is C15H22N6O2. The summed E-state index contributed by atoms with van der Waals surface area (Å²) in [7, 11) is 0. The SMILES string of the molecule is CCn1cc([C@H]2OCCC[C@@H]2NC(=O)C(C)n2cncn2)cn1. The van der Waals surface area contributed by atoms with Gasteiger partial charge in [-0.2, -0.15) is 10.2 Å². The fourth-order valence-corrected chi connectivity index (χ4v) is 2.80. The molecule has 0 spiro atoms. The summed E-state index contributed by atoms with van der Waals surface area (Å²) in [6.45, 7) is 5.36. The molecule has 1 amide bonds. The van der Waals surface area contributed by atoms with Crippen LogP contribution in [0.4, 0.5) is 0 Å². The molecule has 8 nitrogen and oxygen atoms in total. The van der Waals surface area contributed by atoms with Crippen molar-refractivity contribution in [1.82, 2.24) is 29.9 Å². The molecule has 1 saturated heterocycles. The average molecular weight is 318 g/mol. The van der Waals surface area contributed by atoms with E-state index in [1.165, 1.54) is 6.33 Å². The Kier molecular flexibility index (Phi) is 4.71. The number of hydrogen-bond acceptors (Lipinski definition) is 5. The fraction of sp³-hybridized carbons (Fsp3) is 0.600. The first kappa shape index (κ1) is 15.7. The van der Waals surface area contributed by atoms with Crippen LogP contribution < -0.4 is 5.32 Å². The van der Waals surface area contributed by atoms with Crippen molar-refractivity contribution in [2.75, 3.05) is 6.61 Å². The number of carbonyl (C=O) groups excluding carboxylic acids is 1. The number of carbonyl (C=O) groups is 1. The smallest absolute Gasteiger partial charge is 0.244 e. The minimum Gasteiger partial charge on any atom is -0.371 e. The predicted octanol–water partition coefficient (Wildman–Crippen LogP) is 1.09. The van der Waals surface area contributed by atoms with Crippen LogP contribution in [0.1, 0.15) is 44.4 Å². The largest absolute Gasteiger partial charge is 0.371 e. The third kappa shape index (κ3) is 3.42. The molecule has 0 radical (unpaired) electrons. The van der Waals surface area contributed by atoms with Crippen LogP contribution in [0.25, 0.3) is 0 Å². The van der Waals surface area contributed by atoms with Crippen molar-refractivity contribution in [3.8, 4) is 0 Å². The zero-order valence-corrected chi connectivity index (χ0v) is 13.4. The monoisotopic (exact) mass is 318 g/mol. The van der Waals surface area contributed by atoms with E-state index in [9.17, 15) is 4.79 Å². The molecule has 3 rings (SSSR count). The van der Waals surface area contributed by atoms with Crippen molar-refractivity contribution < 1.29 is 9.53 Å². The molecule has 2 aromatic rings. The highest BCUT2D eigenvalue weighted by molar-refractivity contribution is 5.80. The zero-order chi connectivity index (χ0) is 16.2. The maximum atomic E-state index is 12.5. The first-order valence-electron chi connectivity index (χ1n) is 7.97. The van der Waals surface area contributed by atoms with Gasteiger partial charge < -0.3 is 10.1 Å². The van der Waals surface area contributed by atoms with Gasteiger partial charge in [-0.3, -0.25) is 9.48 Å². The molecule has 23 heavy (non-hydrogen) atoms. The van der Waals surface area contributed by atoms with Crippen molar-refractivity contribution in [3.05, 3.63) is 30.6 Å². The minimum atomic E-state index is -0.404. The van der Waals surface area contributed by atoms with Crippen LogP contribution in [0, 0.1) is 0 Å². The van der Waals surface area contributed by atoms with E-state index in [1.807, 2.05) is 24.0 Å². The van der Waals surface area contributed by atoms with Crippen LogP contribution >= 0.6 is 0 Å². The van der Waals surface area contributed by atoms with E-state index in [1.54, 1.807) is 17.9 Å². The zero-order valence-electron chi connectivity index (χ0n) is 13.4. The summed E-state index contributed by atoms with van der Waals surface area (Å²) in [6.07, 6.45) is 8.43. The highest BCUT2D eigenvalue weighted by Gasteiger charge is 2.31. The summed E-state index contributed by atoms with van der Waals surface area (Å²) in [5.41, 5.74) is 1.00. The summed E-state index contributed by atoms with van der Waals surface area (Å²) in [6, 6.07) is -0.463. The second kappa shape index (κ2) is 6.91. The highest BCUT2D eigenvalue weighted by Crippen LogP contribution is 2.28. The molecule has 1 aliphatic heterocycles. The van der Waals surface area contributed by atoms with E-state index < -0.39 is 6.04 Å². The van der Waals surface area contributed by atoms with Crippen LogP contribution in [-0.2, 0) is 16.1 Å². The summed E-state index contributed by atoms with van der Waals surface area (Å²) in [5, 5.41) is 11.4. The van der Waals surface area contributed by atoms with E-state index in [2.05, 4.69) is 20.5 Å². The molecule has 2 aromatic heterocycles. The molecule has 0 saturated carbocycles. The van der Waals surface area contributed by atoms with Gasteiger partial charge in [-0.15, -0.1) is 0 Å². The number of ether oxygens (including phenoxy) is 1. The number of aromatic nitrogens is 5. The summed E-state index contributed by atoms with van der Waals surface area (Å²) < 4.78 is 9.31. The summed E-state index contributed by atoms with van der Waals surface area (Å²) in [4.78, 5) is 16.4. The van der Waals surface area contributed by atoms with Crippen LogP contribution in [0.3, 0.4) is 0 Å². The minimum absolute atomic E-state index is 0.0586. The van der Waals surface area contributed by atoms with Gasteiger partial charge >= 0.3 is 0 Å². The molecule has 1 unspecified atom stereocenters. The lowest BCUT2D eigenvalue weighted by atomic mass is 9.98. The quantitative estimate of drug-likeness (QED) is 0.892. The van der Waals surface area contributed by atoms with Crippen molar-refractivity contribution in [1.29, 1.82) is 0 Å². The normalized spacial score (nSPS) is 22.7. The molecule has 3 atom stereocenters. The Morgan fingerprint density at radius 1 is 1.52 bits per heavy atom. The number of amides is 1. The number of aryl methyl sites for hydroxylation is 1. The van der Waals surface area contributed by atoms with Crippen molar-refractivity contribution in [2.45, 2.75) is 51.4 Å². The number of nitrogens with one attached hydrogen (secondary N) is 1. The summed E-state index contributed by atoms with van der Waals surface area (Å²) in [5.74, 6) is -0.0844. The first-order valence-corrected chi connectivity index (χ1v) is 7.97. The molecule has 124 valence electrons. The molecule has 0 aliphatic carbocycles. The Morgan fingerprint density at radius 3 is 3.09 bits per heavy atom. The maximum absolute atomic E-state index is 12.5. The molecule has 8 heteroatoms. The van der Waals surface area contributed by atoms with Crippen molar-refractivity contribution in [3.63, 3.8) is 0 Å². The van der Waals surface area contributed by atoms with E-state index in [0.29, 0.717) is 6.61 Å². The Balaban J connectivity index is 1.70. The molecule has 0 aromatic carbocycles. The Morgan fingerprint density at radius 2 is 2.39 bits per heavy atom. The number of nitrogens with zero attached hydrogens (tertiary/aromatic N) is 5. The number of rotatable bonds is 5. The predicted molar refractivity (Wildman–Crippen MR) is 82.5 cm³/mol. The second-order valence-electron chi connectivity index (χ2n) is 5.73. The Labute approximate surface area is 134 Å². The third-order valence-electron chi connectivity index (χ3n) is 4.17. The third-order valence-corrected chi connectivity index (χ3v) is 4.17. The van der Waals surface area contributed by atoms with Crippen LogP contribution in [0.5, 0.6) is 0 Å². The topological polar surface area (TPSA) is 86.9 Å². The number of hydrogen-bond donors (Lipinski definition) is 1. The van der Waals surface area contributed by atoms with Gasteiger partial charge in [-0.1, -0.05) is 0 Å². The Hall–Kier alpha value is -2.22. The van der Waals surface area contributed by atoms with E-state index >= 15 is 0 Å².